The van der Waals surface area contributed by atoms with Gasteiger partial charge in [-0.25, -0.2) is 18.1 Å². The number of nitrogens with one attached hydrogen (secondary N) is 1. The number of pyridine rings is 1. The number of nitrogens with two attached hydrogens (primary N) is 1. The Hall–Kier alpha value is -0.630. The smallest absolute Gasteiger partial charge is 0.258 e. The highest BCUT2D eigenvalue weighted by Crippen LogP contribution is 2.08. The molecule has 96 valence electrons. The lowest BCUT2D eigenvalue weighted by molar-refractivity contribution is 0.567. The van der Waals surface area contributed by atoms with E-state index in [9.17, 15) is 8.42 Å². The summed E-state index contributed by atoms with van der Waals surface area (Å²) in [6.45, 7) is 2.17. The maximum Gasteiger partial charge on any atom is 0.258 e. The highest BCUT2D eigenvalue weighted by molar-refractivity contribution is 7.98. The molecule has 1 unspecified atom stereocenters. The third kappa shape index (κ3) is 4.27. The van der Waals surface area contributed by atoms with Crippen molar-refractivity contribution in [1.29, 1.82) is 0 Å². The summed E-state index contributed by atoms with van der Waals surface area (Å²) in [6.07, 6.45) is 3.41. The first-order valence-electron chi connectivity index (χ1n) is 5.16. The minimum atomic E-state index is -3.52. The fourth-order valence-electron chi connectivity index (χ4n) is 1.30. The van der Waals surface area contributed by atoms with Gasteiger partial charge in [-0.05, 0) is 24.8 Å². The van der Waals surface area contributed by atoms with Gasteiger partial charge in [0.1, 0.15) is 0 Å². The van der Waals surface area contributed by atoms with E-state index in [1.165, 1.54) is 12.3 Å². The molecule has 1 heterocycles. The number of rotatable bonds is 6. The minimum absolute atomic E-state index is 0.0302. The second-order valence-electron chi connectivity index (χ2n) is 3.69. The van der Waals surface area contributed by atoms with Crippen LogP contribution in [-0.2, 0) is 16.6 Å². The SMILES string of the molecule is CSCC(C)NS(=O)(=O)c1ccc(CN)cn1. The number of hydrogen-bond donors (Lipinski definition) is 2. The second kappa shape index (κ2) is 6.34. The zero-order valence-corrected chi connectivity index (χ0v) is 11.5. The molecule has 17 heavy (non-hydrogen) atoms. The number of thioether (sulfide) groups is 1. The van der Waals surface area contributed by atoms with Gasteiger partial charge in [-0.3, -0.25) is 0 Å². The molecule has 1 atom stereocenters. The Morgan fingerprint density at radius 1 is 1.53 bits per heavy atom. The average Bonchev–Trinajstić information content (AvgIpc) is 2.28. The number of hydrogen-bond acceptors (Lipinski definition) is 5. The van der Waals surface area contributed by atoms with Crippen molar-refractivity contribution in [2.45, 2.75) is 24.5 Å². The Kier molecular flexibility index (Phi) is 5.38. The topological polar surface area (TPSA) is 85.1 Å². The number of aromatic nitrogens is 1. The average molecular weight is 275 g/mol. The number of sulfonamides is 1. The maximum absolute atomic E-state index is 11.9. The molecule has 0 fully saturated rings. The van der Waals surface area contributed by atoms with Crippen LogP contribution in [0, 0.1) is 0 Å². The Morgan fingerprint density at radius 2 is 2.24 bits per heavy atom. The number of nitrogens with zero attached hydrogens (tertiary/aromatic N) is 1. The van der Waals surface area contributed by atoms with Gasteiger partial charge >= 0.3 is 0 Å². The summed E-state index contributed by atoms with van der Waals surface area (Å²) in [4.78, 5) is 3.90. The van der Waals surface area contributed by atoms with Crippen LogP contribution in [0.15, 0.2) is 23.4 Å². The summed E-state index contributed by atoms with van der Waals surface area (Å²) < 4.78 is 26.4. The molecule has 0 bridgehead atoms. The van der Waals surface area contributed by atoms with Crippen molar-refractivity contribution in [2.75, 3.05) is 12.0 Å². The zero-order valence-electron chi connectivity index (χ0n) is 9.88. The summed E-state index contributed by atoms with van der Waals surface area (Å²) >= 11 is 1.59. The molecule has 1 aromatic heterocycles. The predicted octanol–water partition coefficient (Wildman–Crippen LogP) is 0.570. The molecule has 0 amide bonds. The Bertz CT molecular complexity index is 445. The monoisotopic (exact) mass is 275 g/mol. The van der Waals surface area contributed by atoms with Gasteiger partial charge in [0.05, 0.1) is 0 Å². The van der Waals surface area contributed by atoms with Gasteiger partial charge in [0, 0.05) is 24.5 Å². The van der Waals surface area contributed by atoms with Gasteiger partial charge in [-0.2, -0.15) is 11.8 Å². The van der Waals surface area contributed by atoms with Gasteiger partial charge in [0.15, 0.2) is 5.03 Å². The first kappa shape index (κ1) is 14.4. The first-order chi connectivity index (χ1) is 7.99. The molecule has 5 nitrogen and oxygen atoms in total. The largest absolute Gasteiger partial charge is 0.326 e. The zero-order chi connectivity index (χ0) is 12.9. The van der Waals surface area contributed by atoms with Crippen molar-refractivity contribution in [3.63, 3.8) is 0 Å². The van der Waals surface area contributed by atoms with Crippen molar-refractivity contribution in [3.05, 3.63) is 23.9 Å². The molecule has 0 spiro atoms. The van der Waals surface area contributed by atoms with E-state index in [2.05, 4.69) is 9.71 Å². The lowest BCUT2D eigenvalue weighted by Gasteiger charge is -2.12. The van der Waals surface area contributed by atoms with E-state index in [4.69, 9.17) is 5.73 Å². The van der Waals surface area contributed by atoms with Gasteiger partial charge in [-0.15, -0.1) is 0 Å². The molecule has 0 aromatic carbocycles. The summed E-state index contributed by atoms with van der Waals surface area (Å²) in [5.74, 6) is 0.722. The molecule has 0 aliphatic heterocycles. The molecule has 1 rings (SSSR count). The van der Waals surface area contributed by atoms with Crippen molar-refractivity contribution in [1.82, 2.24) is 9.71 Å². The Balaban J connectivity index is 2.82. The molecular formula is C10H17N3O2S2. The lowest BCUT2D eigenvalue weighted by Crippen LogP contribution is -2.34. The highest BCUT2D eigenvalue weighted by Gasteiger charge is 2.18. The normalized spacial score (nSPS) is 13.6. The van der Waals surface area contributed by atoms with E-state index < -0.39 is 10.0 Å². The van der Waals surface area contributed by atoms with Crippen molar-refractivity contribution in [3.8, 4) is 0 Å². The van der Waals surface area contributed by atoms with Crippen LogP contribution in [0.1, 0.15) is 12.5 Å². The van der Waals surface area contributed by atoms with Gasteiger partial charge in [0.25, 0.3) is 10.0 Å². The van der Waals surface area contributed by atoms with Crippen molar-refractivity contribution >= 4 is 21.8 Å². The minimum Gasteiger partial charge on any atom is -0.326 e. The summed E-state index contributed by atoms with van der Waals surface area (Å²) in [5.41, 5.74) is 6.23. The molecule has 1 aromatic rings. The van der Waals surface area contributed by atoms with Gasteiger partial charge in [0.2, 0.25) is 0 Å². The summed E-state index contributed by atoms with van der Waals surface area (Å²) in [5, 5.41) is 0.0302. The predicted molar refractivity (Wildman–Crippen MR) is 70.3 cm³/mol. The van der Waals surface area contributed by atoms with Crippen molar-refractivity contribution < 1.29 is 8.42 Å². The molecule has 0 radical (unpaired) electrons. The van der Waals surface area contributed by atoms with E-state index >= 15 is 0 Å². The first-order valence-corrected chi connectivity index (χ1v) is 8.03. The van der Waals surface area contributed by atoms with Crippen LogP contribution in [0.5, 0.6) is 0 Å². The molecule has 7 heteroatoms. The second-order valence-corrected chi connectivity index (χ2v) is 6.26. The Morgan fingerprint density at radius 3 is 2.71 bits per heavy atom. The van der Waals surface area contributed by atoms with Crippen LogP contribution in [0.4, 0.5) is 0 Å². The maximum atomic E-state index is 11.9. The summed E-state index contributed by atoms with van der Waals surface area (Å²) in [7, 11) is -3.52. The van der Waals surface area contributed by atoms with Crippen LogP contribution in [0.2, 0.25) is 0 Å². The molecule has 0 aliphatic rings. The van der Waals surface area contributed by atoms with Crippen LogP contribution >= 0.6 is 11.8 Å². The van der Waals surface area contributed by atoms with Crippen LogP contribution < -0.4 is 10.5 Å². The van der Waals surface area contributed by atoms with E-state index in [1.807, 2.05) is 13.2 Å². The summed E-state index contributed by atoms with van der Waals surface area (Å²) in [6, 6.07) is 3.02. The van der Waals surface area contributed by atoms with Gasteiger partial charge in [-0.1, -0.05) is 6.07 Å². The standard InChI is InChI=1S/C10H17N3O2S2/c1-8(7-16-2)13-17(14,15)10-4-3-9(5-11)6-12-10/h3-4,6,8,13H,5,7,11H2,1-2H3. The molecule has 3 N–H and O–H groups in total. The highest BCUT2D eigenvalue weighted by atomic mass is 32.2. The third-order valence-corrected chi connectivity index (χ3v) is 4.42. The van der Waals surface area contributed by atoms with Crippen LogP contribution in [0.25, 0.3) is 0 Å². The Labute approximate surface area is 106 Å². The van der Waals surface area contributed by atoms with E-state index in [-0.39, 0.29) is 11.1 Å². The van der Waals surface area contributed by atoms with Crippen molar-refractivity contribution in [2.24, 2.45) is 5.73 Å². The van der Waals surface area contributed by atoms with Crippen LogP contribution in [0.3, 0.4) is 0 Å². The molecule has 0 saturated heterocycles. The van der Waals surface area contributed by atoms with Crippen LogP contribution in [-0.4, -0.2) is 31.5 Å². The lowest BCUT2D eigenvalue weighted by atomic mass is 10.3. The van der Waals surface area contributed by atoms with E-state index in [0.29, 0.717) is 6.54 Å². The molecule has 0 saturated carbocycles. The third-order valence-electron chi connectivity index (χ3n) is 2.08. The molecule has 0 aliphatic carbocycles. The quantitative estimate of drug-likeness (QED) is 0.793. The fourth-order valence-corrected chi connectivity index (χ4v) is 3.16. The van der Waals surface area contributed by atoms with E-state index in [0.717, 1.165) is 11.3 Å². The molecular weight excluding hydrogens is 258 g/mol. The van der Waals surface area contributed by atoms with Gasteiger partial charge < -0.3 is 5.73 Å². The van der Waals surface area contributed by atoms with E-state index in [1.54, 1.807) is 17.8 Å². The fraction of sp³-hybridized carbons (Fsp3) is 0.500.